The van der Waals surface area contributed by atoms with Crippen molar-refractivity contribution in [3.63, 3.8) is 0 Å². The molecule has 34 heavy (non-hydrogen) atoms. The molecule has 0 saturated heterocycles. The number of rotatable bonds is 6. The van der Waals surface area contributed by atoms with Crippen LogP contribution in [0.4, 0.5) is 24.5 Å². The molecule has 4 rings (SSSR count). The van der Waals surface area contributed by atoms with Crippen molar-refractivity contribution < 1.29 is 31.9 Å². The Balaban J connectivity index is 1.49. The maximum atomic E-state index is 13.6. The maximum absolute atomic E-state index is 13.6. The Bertz CT molecular complexity index is 1360. The number of hydrogen-bond acceptors (Lipinski definition) is 5. The molecule has 2 amide bonds. The summed E-state index contributed by atoms with van der Waals surface area (Å²) in [6.07, 6.45) is -2.02. The topological polar surface area (TPSA) is 93.5 Å². The van der Waals surface area contributed by atoms with E-state index in [0.29, 0.717) is 22.0 Å². The highest BCUT2D eigenvalue weighted by Crippen LogP contribution is 2.37. The summed E-state index contributed by atoms with van der Waals surface area (Å²) in [4.78, 5) is 28.6. The molecule has 2 aromatic carbocycles. The molecule has 0 saturated carbocycles. The van der Waals surface area contributed by atoms with Crippen LogP contribution in [0, 0.1) is 0 Å². The average Bonchev–Trinajstić information content (AvgIpc) is 3.34. The minimum Gasteiger partial charge on any atom is -0.481 e. The number of pyridine rings is 1. The fourth-order valence-electron chi connectivity index (χ4n) is 3.12. The second-order valence-corrected chi connectivity index (χ2v) is 7.38. The Morgan fingerprint density at radius 1 is 1.06 bits per heavy atom. The van der Waals surface area contributed by atoms with Crippen LogP contribution in [0.25, 0.3) is 10.9 Å². The first-order valence-electron chi connectivity index (χ1n) is 9.74. The Hall–Kier alpha value is -4.05. The van der Waals surface area contributed by atoms with Gasteiger partial charge in [-0.2, -0.15) is 13.2 Å². The molecule has 7 nitrogen and oxygen atoms in total. The van der Waals surface area contributed by atoms with Crippen LogP contribution in [0.3, 0.4) is 0 Å². The molecule has 4 aromatic rings. The van der Waals surface area contributed by atoms with Gasteiger partial charge in [-0.3, -0.25) is 14.6 Å². The second-order valence-electron chi connectivity index (χ2n) is 6.97. The molecular weight excluding hydrogens is 475 g/mol. The predicted molar refractivity (Wildman–Crippen MR) is 119 cm³/mol. The number of benzene rings is 2. The summed E-state index contributed by atoms with van der Waals surface area (Å²) in [5, 5.41) is 5.56. The first-order valence-corrected chi connectivity index (χ1v) is 10.1. The van der Waals surface area contributed by atoms with Crippen LogP contribution in [-0.2, 0) is 11.0 Å². The molecule has 0 bridgehead atoms. The van der Waals surface area contributed by atoms with Gasteiger partial charge in [-0.1, -0.05) is 11.6 Å². The molecule has 174 valence electrons. The second kappa shape index (κ2) is 9.44. The van der Waals surface area contributed by atoms with Gasteiger partial charge in [-0.15, -0.1) is 0 Å². The van der Waals surface area contributed by atoms with Crippen molar-refractivity contribution in [1.29, 1.82) is 0 Å². The van der Waals surface area contributed by atoms with Gasteiger partial charge in [0.25, 0.3) is 11.8 Å². The lowest BCUT2D eigenvalue weighted by molar-refractivity contribution is -0.137. The van der Waals surface area contributed by atoms with Gasteiger partial charge in [0.1, 0.15) is 11.3 Å². The molecule has 0 aliphatic carbocycles. The molecule has 0 aliphatic heterocycles. The smallest absolute Gasteiger partial charge is 0.418 e. The summed E-state index contributed by atoms with van der Waals surface area (Å²) in [5.74, 6) is -1.35. The highest BCUT2D eigenvalue weighted by atomic mass is 35.5. The van der Waals surface area contributed by atoms with Crippen molar-refractivity contribution in [2.24, 2.45) is 0 Å². The number of amides is 2. The molecule has 2 aromatic heterocycles. The highest BCUT2D eigenvalue weighted by Gasteiger charge is 2.34. The van der Waals surface area contributed by atoms with Gasteiger partial charge in [-0.05, 0) is 54.6 Å². The van der Waals surface area contributed by atoms with Crippen molar-refractivity contribution in [3.05, 3.63) is 83.4 Å². The first kappa shape index (κ1) is 23.1. The molecule has 11 heteroatoms. The molecule has 2 N–H and O–H groups in total. The zero-order chi connectivity index (χ0) is 24.3. The SMILES string of the molecule is O=C(COc1ccc(Cl)c2cccnc12)Nc1ccc(NC(=O)c2ccco2)cc1C(F)(F)F. The van der Waals surface area contributed by atoms with Gasteiger partial charge in [-0.25, -0.2) is 0 Å². The molecule has 0 atom stereocenters. The number of anilines is 2. The van der Waals surface area contributed by atoms with E-state index in [0.717, 1.165) is 6.07 Å². The third-order valence-electron chi connectivity index (χ3n) is 4.64. The van der Waals surface area contributed by atoms with Crippen LogP contribution in [0.1, 0.15) is 16.1 Å². The number of hydrogen-bond donors (Lipinski definition) is 2. The van der Waals surface area contributed by atoms with E-state index in [1.807, 2.05) is 0 Å². The summed E-state index contributed by atoms with van der Waals surface area (Å²) in [7, 11) is 0. The van der Waals surface area contributed by atoms with Crippen LogP contribution in [0.5, 0.6) is 5.75 Å². The minimum atomic E-state index is -4.80. The molecule has 0 unspecified atom stereocenters. The Labute approximate surface area is 195 Å². The van der Waals surface area contributed by atoms with E-state index in [1.165, 1.54) is 36.7 Å². The normalized spacial score (nSPS) is 11.3. The molecule has 0 spiro atoms. The van der Waals surface area contributed by atoms with E-state index in [4.69, 9.17) is 20.8 Å². The number of ether oxygens (including phenoxy) is 1. The number of halogens is 4. The number of aromatic nitrogens is 1. The summed E-state index contributed by atoms with van der Waals surface area (Å²) in [5.41, 5.74) is -1.34. The van der Waals surface area contributed by atoms with Crippen molar-refractivity contribution >= 4 is 45.7 Å². The molecule has 0 radical (unpaired) electrons. The number of nitrogens with one attached hydrogen (secondary N) is 2. The Morgan fingerprint density at radius 3 is 2.62 bits per heavy atom. The summed E-state index contributed by atoms with van der Waals surface area (Å²) in [6.45, 7) is -0.568. The molecule has 0 aliphatic rings. The number of alkyl halides is 3. The average molecular weight is 490 g/mol. The Morgan fingerprint density at radius 2 is 1.88 bits per heavy atom. The van der Waals surface area contributed by atoms with Gasteiger partial charge < -0.3 is 19.8 Å². The summed E-state index contributed by atoms with van der Waals surface area (Å²) >= 11 is 6.12. The zero-order valence-electron chi connectivity index (χ0n) is 17.2. The lowest BCUT2D eigenvalue weighted by Crippen LogP contribution is -2.22. The van der Waals surface area contributed by atoms with E-state index in [2.05, 4.69) is 15.6 Å². The van der Waals surface area contributed by atoms with Crippen LogP contribution in [-0.4, -0.2) is 23.4 Å². The van der Waals surface area contributed by atoms with Crippen molar-refractivity contribution in [1.82, 2.24) is 4.98 Å². The van der Waals surface area contributed by atoms with E-state index >= 15 is 0 Å². The predicted octanol–water partition coefficient (Wildman–Crippen LogP) is 5.77. The number of furan rings is 1. The Kier molecular flexibility index (Phi) is 6.42. The van der Waals surface area contributed by atoms with E-state index in [1.54, 1.807) is 18.2 Å². The quantitative estimate of drug-likeness (QED) is 0.358. The third-order valence-corrected chi connectivity index (χ3v) is 4.97. The standard InChI is InChI=1S/C23H15ClF3N3O4/c24-16-6-8-18(21-14(16)3-1-9-28-21)34-12-20(31)30-17-7-5-13(11-15(17)23(25,26)27)29-22(32)19-4-2-10-33-19/h1-11H,12H2,(H,29,32)(H,30,31). The van der Waals surface area contributed by atoms with Crippen LogP contribution < -0.4 is 15.4 Å². The fourth-order valence-corrected chi connectivity index (χ4v) is 3.34. The largest absolute Gasteiger partial charge is 0.481 e. The van der Waals surface area contributed by atoms with Crippen molar-refractivity contribution in [2.75, 3.05) is 17.2 Å². The van der Waals surface area contributed by atoms with Gasteiger partial charge in [0.15, 0.2) is 12.4 Å². The summed E-state index contributed by atoms with van der Waals surface area (Å²) in [6, 6.07) is 12.3. The summed E-state index contributed by atoms with van der Waals surface area (Å²) < 4.78 is 51.2. The van der Waals surface area contributed by atoms with Crippen LogP contribution in [0.2, 0.25) is 5.02 Å². The number of carbonyl (C=O) groups excluding carboxylic acids is 2. The zero-order valence-corrected chi connectivity index (χ0v) is 17.9. The highest BCUT2D eigenvalue weighted by molar-refractivity contribution is 6.35. The van der Waals surface area contributed by atoms with Crippen molar-refractivity contribution in [2.45, 2.75) is 6.18 Å². The van der Waals surface area contributed by atoms with Gasteiger partial charge in [0.05, 0.1) is 22.5 Å². The minimum absolute atomic E-state index is 0.0627. The van der Waals surface area contributed by atoms with Crippen molar-refractivity contribution in [3.8, 4) is 5.75 Å². The third kappa shape index (κ3) is 5.12. The number of carbonyl (C=O) groups is 2. The number of fused-ring (bicyclic) bond motifs is 1. The number of nitrogens with zero attached hydrogens (tertiary/aromatic N) is 1. The lowest BCUT2D eigenvalue weighted by Gasteiger charge is -2.16. The first-order chi connectivity index (χ1) is 16.2. The van der Waals surface area contributed by atoms with Gasteiger partial charge >= 0.3 is 6.18 Å². The lowest BCUT2D eigenvalue weighted by atomic mass is 10.1. The van der Waals surface area contributed by atoms with Crippen LogP contribution >= 0.6 is 11.6 Å². The fraction of sp³-hybridized carbons (Fsp3) is 0.0870. The maximum Gasteiger partial charge on any atom is 0.418 e. The van der Waals surface area contributed by atoms with Crippen LogP contribution in [0.15, 0.2) is 71.5 Å². The molecule has 0 fully saturated rings. The van der Waals surface area contributed by atoms with E-state index < -0.39 is 35.8 Å². The van der Waals surface area contributed by atoms with Gasteiger partial charge in [0, 0.05) is 17.3 Å². The molecule has 2 heterocycles. The van der Waals surface area contributed by atoms with E-state index in [-0.39, 0.29) is 17.2 Å². The molecular formula is C23H15ClF3N3O4. The monoisotopic (exact) mass is 489 g/mol. The van der Waals surface area contributed by atoms with E-state index in [9.17, 15) is 22.8 Å². The van der Waals surface area contributed by atoms with Gasteiger partial charge in [0.2, 0.25) is 0 Å².